The number of nitrogens with two attached hydrogens (primary N) is 1. The van der Waals surface area contributed by atoms with Gasteiger partial charge in [0.2, 0.25) is 0 Å². The van der Waals surface area contributed by atoms with E-state index in [0.717, 1.165) is 0 Å². The van der Waals surface area contributed by atoms with E-state index in [1.165, 1.54) is 13.4 Å². The number of anilines is 1. The molecule has 0 aliphatic heterocycles. The standard InChI is InChI=1S/C18H20N4O4/c1-18(2,3)26-12(23)8-22-11-7-5-6-10(17(24)25-4)13(11)14-15(19)20-9-21-16(14)22/h5-7,9H,8H2,1-4H3,(H2,19,20,21). The molecule has 0 bridgehead atoms. The first-order valence-corrected chi connectivity index (χ1v) is 8.04. The molecule has 0 radical (unpaired) electrons. The zero-order valence-electron chi connectivity index (χ0n) is 15.1. The fourth-order valence-electron chi connectivity index (χ4n) is 2.92. The first kappa shape index (κ1) is 17.7. The highest BCUT2D eigenvalue weighted by Crippen LogP contribution is 2.33. The number of esters is 2. The molecule has 0 amide bonds. The summed E-state index contributed by atoms with van der Waals surface area (Å²) in [5, 5.41) is 1.06. The summed E-state index contributed by atoms with van der Waals surface area (Å²) in [6.07, 6.45) is 1.32. The summed E-state index contributed by atoms with van der Waals surface area (Å²) in [7, 11) is 1.31. The number of methoxy groups -OCH3 is 1. The molecular formula is C18H20N4O4. The largest absolute Gasteiger partial charge is 0.465 e. The summed E-state index contributed by atoms with van der Waals surface area (Å²) in [6.45, 7) is 5.32. The summed E-state index contributed by atoms with van der Waals surface area (Å²) >= 11 is 0. The van der Waals surface area contributed by atoms with Gasteiger partial charge in [0.05, 0.1) is 23.6 Å². The third kappa shape index (κ3) is 3.05. The highest BCUT2D eigenvalue weighted by molar-refractivity contribution is 6.19. The molecule has 26 heavy (non-hydrogen) atoms. The predicted molar refractivity (Wildman–Crippen MR) is 96.6 cm³/mol. The zero-order valence-corrected chi connectivity index (χ0v) is 15.1. The van der Waals surface area contributed by atoms with Crippen LogP contribution in [0.1, 0.15) is 31.1 Å². The number of fused-ring (bicyclic) bond motifs is 3. The minimum atomic E-state index is -0.610. The SMILES string of the molecule is COC(=O)c1cccc2c1c1c(N)ncnc1n2CC(=O)OC(C)(C)C. The molecule has 0 atom stereocenters. The smallest absolute Gasteiger partial charge is 0.338 e. The van der Waals surface area contributed by atoms with Gasteiger partial charge >= 0.3 is 11.9 Å². The molecule has 0 spiro atoms. The van der Waals surface area contributed by atoms with Crippen molar-refractivity contribution in [1.29, 1.82) is 0 Å². The number of ether oxygens (including phenoxy) is 2. The average Bonchev–Trinajstić information content (AvgIpc) is 2.88. The van der Waals surface area contributed by atoms with Gasteiger partial charge in [-0.05, 0) is 32.9 Å². The lowest BCUT2D eigenvalue weighted by molar-refractivity contribution is -0.155. The third-order valence-corrected chi connectivity index (χ3v) is 3.81. The van der Waals surface area contributed by atoms with E-state index >= 15 is 0 Å². The Morgan fingerprint density at radius 3 is 2.58 bits per heavy atom. The molecule has 2 aromatic heterocycles. The minimum absolute atomic E-state index is 0.0711. The molecule has 0 saturated carbocycles. The van der Waals surface area contributed by atoms with E-state index in [9.17, 15) is 9.59 Å². The molecule has 3 aromatic rings. The van der Waals surface area contributed by atoms with Crippen LogP contribution in [0.3, 0.4) is 0 Å². The van der Waals surface area contributed by atoms with Gasteiger partial charge in [-0.15, -0.1) is 0 Å². The number of hydrogen-bond acceptors (Lipinski definition) is 7. The van der Waals surface area contributed by atoms with E-state index in [1.807, 2.05) is 0 Å². The van der Waals surface area contributed by atoms with Crippen molar-refractivity contribution in [3.8, 4) is 0 Å². The number of benzene rings is 1. The van der Waals surface area contributed by atoms with Crippen molar-refractivity contribution >= 4 is 39.7 Å². The van der Waals surface area contributed by atoms with Crippen LogP contribution >= 0.6 is 0 Å². The van der Waals surface area contributed by atoms with Gasteiger partial charge in [-0.3, -0.25) is 4.79 Å². The summed E-state index contributed by atoms with van der Waals surface area (Å²) in [5.74, 6) is -0.702. The quantitative estimate of drug-likeness (QED) is 0.717. The van der Waals surface area contributed by atoms with Gasteiger partial charge in [-0.1, -0.05) is 6.07 Å². The van der Waals surface area contributed by atoms with Gasteiger partial charge in [-0.25, -0.2) is 14.8 Å². The van der Waals surface area contributed by atoms with Gasteiger partial charge in [0.25, 0.3) is 0 Å². The van der Waals surface area contributed by atoms with Crippen LogP contribution in [0.25, 0.3) is 21.9 Å². The fraction of sp³-hybridized carbons (Fsp3) is 0.333. The highest BCUT2D eigenvalue weighted by Gasteiger charge is 2.24. The van der Waals surface area contributed by atoms with Crippen LogP contribution in [0.2, 0.25) is 0 Å². The molecule has 0 aliphatic carbocycles. The van der Waals surface area contributed by atoms with Crippen molar-refractivity contribution in [3.05, 3.63) is 30.1 Å². The number of carbonyl (C=O) groups excluding carboxylic acids is 2. The van der Waals surface area contributed by atoms with E-state index < -0.39 is 17.5 Å². The molecule has 2 heterocycles. The second-order valence-electron chi connectivity index (χ2n) is 6.82. The van der Waals surface area contributed by atoms with Gasteiger partial charge in [0, 0.05) is 5.39 Å². The number of aromatic nitrogens is 3. The molecule has 0 saturated heterocycles. The van der Waals surface area contributed by atoms with Crippen molar-refractivity contribution in [3.63, 3.8) is 0 Å². The Labute approximate surface area is 149 Å². The van der Waals surface area contributed by atoms with Crippen molar-refractivity contribution in [2.75, 3.05) is 12.8 Å². The maximum absolute atomic E-state index is 12.4. The zero-order chi connectivity index (χ0) is 19.1. The number of nitrogen functional groups attached to an aromatic ring is 1. The first-order valence-electron chi connectivity index (χ1n) is 8.04. The lowest BCUT2D eigenvalue weighted by atomic mass is 10.1. The lowest BCUT2D eigenvalue weighted by Gasteiger charge is -2.20. The monoisotopic (exact) mass is 356 g/mol. The maximum Gasteiger partial charge on any atom is 0.338 e. The van der Waals surface area contributed by atoms with Crippen molar-refractivity contribution in [1.82, 2.24) is 14.5 Å². The summed E-state index contributed by atoms with van der Waals surface area (Å²) < 4.78 is 11.9. The molecule has 2 N–H and O–H groups in total. The van der Waals surface area contributed by atoms with Crippen LogP contribution in [0.5, 0.6) is 0 Å². The molecule has 0 unspecified atom stereocenters. The van der Waals surface area contributed by atoms with E-state index in [0.29, 0.717) is 27.5 Å². The number of carbonyl (C=O) groups is 2. The topological polar surface area (TPSA) is 109 Å². The van der Waals surface area contributed by atoms with Crippen LogP contribution in [-0.2, 0) is 20.8 Å². The Morgan fingerprint density at radius 1 is 1.19 bits per heavy atom. The Morgan fingerprint density at radius 2 is 1.92 bits per heavy atom. The van der Waals surface area contributed by atoms with Crippen LogP contribution in [0.15, 0.2) is 24.5 Å². The first-order chi connectivity index (χ1) is 12.2. The number of nitrogens with zero attached hydrogens (tertiary/aromatic N) is 3. The van der Waals surface area contributed by atoms with E-state index in [4.69, 9.17) is 15.2 Å². The molecule has 0 aliphatic rings. The minimum Gasteiger partial charge on any atom is -0.465 e. The average molecular weight is 356 g/mol. The third-order valence-electron chi connectivity index (χ3n) is 3.81. The molecule has 3 rings (SSSR count). The van der Waals surface area contributed by atoms with Crippen LogP contribution in [0.4, 0.5) is 5.82 Å². The molecular weight excluding hydrogens is 336 g/mol. The van der Waals surface area contributed by atoms with Gasteiger partial charge in [0.1, 0.15) is 29.9 Å². The van der Waals surface area contributed by atoms with E-state index in [-0.39, 0.29) is 12.4 Å². The second-order valence-corrected chi connectivity index (χ2v) is 6.82. The van der Waals surface area contributed by atoms with E-state index in [2.05, 4.69) is 9.97 Å². The Kier molecular flexibility index (Phi) is 4.27. The Hall–Kier alpha value is -3.16. The molecule has 8 heteroatoms. The predicted octanol–water partition coefficient (Wildman–Crippen LogP) is 2.29. The fourth-order valence-corrected chi connectivity index (χ4v) is 2.92. The summed E-state index contributed by atoms with van der Waals surface area (Å²) in [4.78, 5) is 32.8. The number of hydrogen-bond donors (Lipinski definition) is 1. The van der Waals surface area contributed by atoms with Gasteiger partial charge < -0.3 is 19.8 Å². The molecule has 8 nitrogen and oxygen atoms in total. The highest BCUT2D eigenvalue weighted by atomic mass is 16.6. The molecule has 0 fully saturated rings. The Bertz CT molecular complexity index is 1020. The summed E-state index contributed by atoms with van der Waals surface area (Å²) in [5.41, 5.74) is 6.85. The van der Waals surface area contributed by atoms with Crippen LogP contribution < -0.4 is 5.73 Å². The van der Waals surface area contributed by atoms with Crippen molar-refractivity contribution < 1.29 is 19.1 Å². The normalized spacial score (nSPS) is 11.7. The molecule has 136 valence electrons. The van der Waals surface area contributed by atoms with Crippen LogP contribution in [-0.4, -0.2) is 39.2 Å². The maximum atomic E-state index is 12.4. The second kappa shape index (κ2) is 6.29. The summed E-state index contributed by atoms with van der Waals surface area (Å²) in [6, 6.07) is 5.13. The molecule has 1 aromatic carbocycles. The van der Waals surface area contributed by atoms with Crippen molar-refractivity contribution in [2.45, 2.75) is 32.9 Å². The van der Waals surface area contributed by atoms with Gasteiger partial charge in [-0.2, -0.15) is 0 Å². The Balaban J connectivity index is 2.27. The number of rotatable bonds is 3. The van der Waals surface area contributed by atoms with Gasteiger partial charge in [0.15, 0.2) is 0 Å². The van der Waals surface area contributed by atoms with Crippen molar-refractivity contribution in [2.24, 2.45) is 0 Å². The van der Waals surface area contributed by atoms with Crippen LogP contribution in [0, 0.1) is 0 Å². The lowest BCUT2D eigenvalue weighted by Crippen LogP contribution is -2.26. The van der Waals surface area contributed by atoms with E-state index in [1.54, 1.807) is 43.5 Å².